The van der Waals surface area contributed by atoms with Gasteiger partial charge in [-0.3, -0.25) is 14.4 Å². The molecule has 8 nitrogen and oxygen atoms in total. The van der Waals surface area contributed by atoms with Crippen LogP contribution in [0.25, 0.3) is 0 Å². The molecule has 2 heterocycles. The second-order valence-electron chi connectivity index (χ2n) is 5.43. The number of likely N-dealkylation sites (tertiary alicyclic amines) is 1. The van der Waals surface area contributed by atoms with Gasteiger partial charge in [-0.15, -0.1) is 0 Å². The van der Waals surface area contributed by atoms with Crippen LogP contribution < -0.4 is 5.32 Å². The van der Waals surface area contributed by atoms with Crippen LogP contribution in [0.2, 0.25) is 0 Å². The number of carbonyl (C=O) groups excluding carboxylic acids is 3. The van der Waals surface area contributed by atoms with Crippen molar-refractivity contribution in [2.75, 3.05) is 26.2 Å². The first-order valence-corrected chi connectivity index (χ1v) is 6.95. The number of aliphatic carboxylic acids is 1. The first kappa shape index (κ1) is 15.3. The molecule has 2 saturated heterocycles. The number of hydrogen-bond donors (Lipinski definition) is 2. The Balaban J connectivity index is 2.10. The number of amides is 3. The minimum absolute atomic E-state index is 0.0803. The van der Waals surface area contributed by atoms with E-state index in [-0.39, 0.29) is 30.8 Å². The third kappa shape index (κ3) is 3.32. The van der Waals surface area contributed by atoms with E-state index < -0.39 is 17.9 Å². The van der Waals surface area contributed by atoms with E-state index in [0.29, 0.717) is 25.9 Å². The second-order valence-corrected chi connectivity index (χ2v) is 5.43. The van der Waals surface area contributed by atoms with Crippen LogP contribution in [0.1, 0.15) is 19.8 Å². The predicted molar refractivity (Wildman–Crippen MR) is 71.1 cm³/mol. The van der Waals surface area contributed by atoms with Gasteiger partial charge in [0.15, 0.2) is 0 Å². The van der Waals surface area contributed by atoms with Crippen LogP contribution in [0.3, 0.4) is 0 Å². The molecule has 116 valence electrons. The minimum atomic E-state index is -1.14. The molecule has 2 fully saturated rings. The third-order valence-electron chi connectivity index (χ3n) is 3.97. The van der Waals surface area contributed by atoms with Crippen LogP contribution in [0.4, 0.5) is 0 Å². The zero-order chi connectivity index (χ0) is 15.6. The molecule has 0 saturated carbocycles. The Morgan fingerprint density at radius 2 is 2.05 bits per heavy atom. The van der Waals surface area contributed by atoms with Crippen LogP contribution in [0.15, 0.2) is 0 Å². The summed E-state index contributed by atoms with van der Waals surface area (Å²) in [6, 6.07) is -1.04. The molecule has 0 bridgehead atoms. The second kappa shape index (κ2) is 6.11. The van der Waals surface area contributed by atoms with Crippen molar-refractivity contribution in [2.45, 2.75) is 25.8 Å². The lowest BCUT2D eigenvalue weighted by Gasteiger charge is -2.38. The number of nitrogens with one attached hydrogen (secondary N) is 1. The summed E-state index contributed by atoms with van der Waals surface area (Å²) >= 11 is 0. The van der Waals surface area contributed by atoms with Gasteiger partial charge in [0.05, 0.1) is 5.92 Å². The molecular formula is C13H19N3O5. The predicted octanol–water partition coefficient (Wildman–Crippen LogP) is -1.34. The quantitative estimate of drug-likeness (QED) is 0.656. The first-order chi connectivity index (χ1) is 9.90. The number of hydrogen-bond acceptors (Lipinski definition) is 4. The zero-order valence-corrected chi connectivity index (χ0v) is 11.9. The molecule has 8 heteroatoms. The molecule has 0 aromatic carbocycles. The molecule has 2 atom stereocenters. The summed E-state index contributed by atoms with van der Waals surface area (Å²) < 4.78 is 0. The summed E-state index contributed by atoms with van der Waals surface area (Å²) in [5.74, 6) is -2.39. The molecule has 2 rings (SSSR count). The average molecular weight is 297 g/mol. The highest BCUT2D eigenvalue weighted by Crippen LogP contribution is 2.21. The molecule has 2 unspecified atom stereocenters. The number of nitrogens with zero attached hydrogens (tertiary/aromatic N) is 2. The van der Waals surface area contributed by atoms with Gasteiger partial charge in [-0.1, -0.05) is 0 Å². The summed E-state index contributed by atoms with van der Waals surface area (Å²) in [5, 5.41) is 11.6. The van der Waals surface area contributed by atoms with Crippen LogP contribution in [-0.2, 0) is 19.2 Å². The molecule has 2 aliphatic heterocycles. The summed E-state index contributed by atoms with van der Waals surface area (Å²) in [6.07, 6.45) is 1.31. The summed E-state index contributed by atoms with van der Waals surface area (Å²) in [7, 11) is 0. The van der Waals surface area contributed by atoms with Gasteiger partial charge in [0.1, 0.15) is 12.6 Å². The van der Waals surface area contributed by atoms with Gasteiger partial charge in [-0.2, -0.15) is 0 Å². The fraction of sp³-hybridized carbons (Fsp3) is 0.692. The smallest absolute Gasteiger partial charge is 0.328 e. The van der Waals surface area contributed by atoms with E-state index in [2.05, 4.69) is 5.32 Å². The Labute approximate surface area is 122 Å². The maximum Gasteiger partial charge on any atom is 0.328 e. The minimum Gasteiger partial charge on any atom is -0.480 e. The summed E-state index contributed by atoms with van der Waals surface area (Å²) in [4.78, 5) is 49.3. The van der Waals surface area contributed by atoms with Crippen molar-refractivity contribution in [3.05, 3.63) is 0 Å². The molecule has 2 N–H and O–H groups in total. The first-order valence-electron chi connectivity index (χ1n) is 6.95. The fourth-order valence-electron chi connectivity index (χ4n) is 2.79. The zero-order valence-electron chi connectivity index (χ0n) is 11.9. The highest BCUT2D eigenvalue weighted by atomic mass is 16.4. The number of carboxylic acids is 1. The molecule has 0 aromatic rings. The van der Waals surface area contributed by atoms with Gasteiger partial charge >= 0.3 is 5.97 Å². The largest absolute Gasteiger partial charge is 0.480 e. The van der Waals surface area contributed by atoms with Gasteiger partial charge < -0.3 is 20.2 Å². The number of piperazine rings is 1. The molecule has 21 heavy (non-hydrogen) atoms. The Morgan fingerprint density at radius 1 is 1.33 bits per heavy atom. The van der Waals surface area contributed by atoms with E-state index in [1.807, 2.05) is 0 Å². The van der Waals surface area contributed by atoms with Crippen molar-refractivity contribution in [1.29, 1.82) is 0 Å². The van der Waals surface area contributed by atoms with E-state index in [1.54, 1.807) is 4.90 Å². The standard InChI is InChI=1S/C13H19N3O5/c1-8(17)15-4-2-3-9(6-15)12(19)16-7-11(18)14-5-10(16)13(20)21/h9-10H,2-7H2,1H3,(H,14,18)(H,20,21). The van der Waals surface area contributed by atoms with Crippen molar-refractivity contribution < 1.29 is 24.3 Å². The molecule has 0 spiro atoms. The van der Waals surface area contributed by atoms with Gasteiger partial charge in [0.2, 0.25) is 17.7 Å². The van der Waals surface area contributed by atoms with E-state index in [4.69, 9.17) is 0 Å². The monoisotopic (exact) mass is 297 g/mol. The number of piperidine rings is 1. The summed E-state index contributed by atoms with van der Waals surface area (Å²) in [5.41, 5.74) is 0. The van der Waals surface area contributed by atoms with Crippen molar-refractivity contribution in [1.82, 2.24) is 15.1 Å². The molecule has 3 amide bonds. The van der Waals surface area contributed by atoms with Crippen LogP contribution in [0, 0.1) is 5.92 Å². The highest BCUT2D eigenvalue weighted by Gasteiger charge is 2.39. The van der Waals surface area contributed by atoms with Gasteiger partial charge in [-0.25, -0.2) is 4.79 Å². The van der Waals surface area contributed by atoms with Crippen molar-refractivity contribution in [3.63, 3.8) is 0 Å². The molecule has 0 aliphatic carbocycles. The number of carboxylic acid groups (broad SMARTS) is 1. The fourth-order valence-corrected chi connectivity index (χ4v) is 2.79. The molecular weight excluding hydrogens is 278 g/mol. The molecule has 2 aliphatic rings. The normalized spacial score (nSPS) is 26.2. The Hall–Kier alpha value is -2.12. The Bertz CT molecular complexity index is 478. The third-order valence-corrected chi connectivity index (χ3v) is 3.97. The lowest BCUT2D eigenvalue weighted by Crippen LogP contribution is -2.61. The van der Waals surface area contributed by atoms with Crippen molar-refractivity contribution in [2.24, 2.45) is 5.92 Å². The van der Waals surface area contributed by atoms with E-state index in [0.717, 1.165) is 4.90 Å². The Kier molecular flexibility index (Phi) is 4.44. The average Bonchev–Trinajstić information content (AvgIpc) is 2.46. The topological polar surface area (TPSA) is 107 Å². The molecule has 0 radical (unpaired) electrons. The lowest BCUT2D eigenvalue weighted by molar-refractivity contribution is -0.157. The maximum atomic E-state index is 12.5. The SMILES string of the molecule is CC(=O)N1CCCC(C(=O)N2CC(=O)NCC2C(=O)O)C1. The van der Waals surface area contributed by atoms with Crippen LogP contribution in [0.5, 0.6) is 0 Å². The van der Waals surface area contributed by atoms with E-state index >= 15 is 0 Å². The highest BCUT2D eigenvalue weighted by molar-refractivity contribution is 5.92. The maximum absolute atomic E-state index is 12.5. The van der Waals surface area contributed by atoms with Gasteiger partial charge in [0, 0.05) is 26.6 Å². The van der Waals surface area contributed by atoms with Gasteiger partial charge in [-0.05, 0) is 12.8 Å². The van der Waals surface area contributed by atoms with Crippen LogP contribution in [-0.4, -0.2) is 70.8 Å². The lowest BCUT2D eigenvalue weighted by atomic mass is 9.95. The van der Waals surface area contributed by atoms with Gasteiger partial charge in [0.25, 0.3) is 0 Å². The van der Waals surface area contributed by atoms with Crippen LogP contribution >= 0.6 is 0 Å². The van der Waals surface area contributed by atoms with Crippen molar-refractivity contribution >= 4 is 23.7 Å². The summed E-state index contributed by atoms with van der Waals surface area (Å²) in [6.45, 7) is 2.03. The van der Waals surface area contributed by atoms with E-state index in [9.17, 15) is 24.3 Å². The number of rotatable bonds is 2. The van der Waals surface area contributed by atoms with E-state index in [1.165, 1.54) is 6.92 Å². The van der Waals surface area contributed by atoms with Crippen molar-refractivity contribution in [3.8, 4) is 0 Å². The number of carbonyl (C=O) groups is 4. The Morgan fingerprint density at radius 3 is 2.67 bits per heavy atom. The molecule has 0 aromatic heterocycles.